The van der Waals surface area contributed by atoms with Crippen LogP contribution in [-0.2, 0) is 6.54 Å². The number of imidazole rings is 1. The van der Waals surface area contributed by atoms with Gasteiger partial charge >= 0.3 is 0 Å². The maximum absolute atomic E-state index is 12.4. The molecule has 5 heteroatoms. The van der Waals surface area contributed by atoms with Gasteiger partial charge in [0.1, 0.15) is 5.69 Å². The highest BCUT2D eigenvalue weighted by atomic mass is 16.2. The molecule has 0 aromatic carbocycles. The predicted molar refractivity (Wildman–Crippen MR) is 74.8 cm³/mol. The fourth-order valence-corrected chi connectivity index (χ4v) is 2.95. The molecule has 0 spiro atoms. The summed E-state index contributed by atoms with van der Waals surface area (Å²) in [6.07, 6.45) is 8.29. The first-order valence-corrected chi connectivity index (χ1v) is 7.12. The first kappa shape index (κ1) is 14.1. The monoisotopic (exact) mass is 264 g/mol. The summed E-state index contributed by atoms with van der Waals surface area (Å²) in [5, 5.41) is 0. The van der Waals surface area contributed by atoms with Gasteiger partial charge in [-0.2, -0.15) is 0 Å². The molecule has 1 aromatic rings. The summed E-state index contributed by atoms with van der Waals surface area (Å²) >= 11 is 0. The summed E-state index contributed by atoms with van der Waals surface area (Å²) in [6.45, 7) is 3.49. The highest BCUT2D eigenvalue weighted by Gasteiger charge is 2.29. The average Bonchev–Trinajstić information content (AvgIpc) is 2.87. The summed E-state index contributed by atoms with van der Waals surface area (Å²) in [5.41, 5.74) is 6.02. The molecule has 5 nitrogen and oxygen atoms in total. The van der Waals surface area contributed by atoms with Gasteiger partial charge in [-0.1, -0.05) is 19.8 Å². The average molecular weight is 264 g/mol. The normalized spacial score (nSPS) is 23.3. The number of carbonyl (C=O) groups excluding carboxylic acids is 1. The molecular weight excluding hydrogens is 240 g/mol. The molecule has 2 rings (SSSR count). The molecule has 2 N–H and O–H groups in total. The van der Waals surface area contributed by atoms with Crippen molar-refractivity contribution in [3.05, 3.63) is 18.2 Å². The van der Waals surface area contributed by atoms with E-state index in [0.717, 1.165) is 6.42 Å². The molecule has 1 amide bonds. The first-order chi connectivity index (χ1) is 9.13. The van der Waals surface area contributed by atoms with Crippen LogP contribution in [0.3, 0.4) is 0 Å². The molecule has 0 bridgehead atoms. The van der Waals surface area contributed by atoms with Gasteiger partial charge in [0.15, 0.2) is 0 Å². The van der Waals surface area contributed by atoms with Crippen molar-refractivity contribution in [3.63, 3.8) is 0 Å². The number of rotatable bonds is 4. The van der Waals surface area contributed by atoms with E-state index in [1.165, 1.54) is 19.3 Å². The Morgan fingerprint density at radius 3 is 2.95 bits per heavy atom. The van der Waals surface area contributed by atoms with Crippen LogP contribution in [0.5, 0.6) is 0 Å². The van der Waals surface area contributed by atoms with Crippen LogP contribution in [0.25, 0.3) is 0 Å². The number of nitrogens with zero attached hydrogens (tertiary/aromatic N) is 3. The molecule has 19 heavy (non-hydrogen) atoms. The minimum atomic E-state index is 0.0227. The fraction of sp³-hybridized carbons (Fsp3) is 0.714. The van der Waals surface area contributed by atoms with Crippen LogP contribution in [0.1, 0.15) is 43.1 Å². The molecule has 2 atom stereocenters. The van der Waals surface area contributed by atoms with Gasteiger partial charge in [0, 0.05) is 32.4 Å². The smallest absolute Gasteiger partial charge is 0.274 e. The van der Waals surface area contributed by atoms with Crippen molar-refractivity contribution < 1.29 is 4.79 Å². The zero-order chi connectivity index (χ0) is 13.8. The van der Waals surface area contributed by atoms with E-state index in [1.54, 1.807) is 12.5 Å². The van der Waals surface area contributed by atoms with Crippen LogP contribution in [0.2, 0.25) is 0 Å². The third-order valence-electron chi connectivity index (χ3n) is 4.12. The molecule has 1 heterocycles. The van der Waals surface area contributed by atoms with Crippen molar-refractivity contribution in [2.45, 2.75) is 45.2 Å². The second kappa shape index (κ2) is 6.19. The SMILES string of the molecule is CC1CCCCC1N(C)C(=O)c1cn(CCN)cn1. The summed E-state index contributed by atoms with van der Waals surface area (Å²) in [4.78, 5) is 18.5. The van der Waals surface area contributed by atoms with E-state index in [1.807, 2.05) is 16.5 Å². The van der Waals surface area contributed by atoms with Gasteiger partial charge < -0.3 is 15.2 Å². The topological polar surface area (TPSA) is 64.2 Å². The number of carbonyl (C=O) groups is 1. The van der Waals surface area contributed by atoms with Crippen LogP contribution in [0.4, 0.5) is 0 Å². The lowest BCUT2D eigenvalue weighted by atomic mass is 9.85. The van der Waals surface area contributed by atoms with Gasteiger partial charge in [-0.3, -0.25) is 4.79 Å². The lowest BCUT2D eigenvalue weighted by molar-refractivity contribution is 0.0623. The molecule has 106 valence electrons. The second-order valence-electron chi connectivity index (χ2n) is 5.53. The van der Waals surface area contributed by atoms with Crippen molar-refractivity contribution in [3.8, 4) is 0 Å². The van der Waals surface area contributed by atoms with Crippen molar-refractivity contribution in [1.29, 1.82) is 0 Å². The van der Waals surface area contributed by atoms with Crippen molar-refractivity contribution in [2.24, 2.45) is 11.7 Å². The second-order valence-corrected chi connectivity index (χ2v) is 5.53. The minimum Gasteiger partial charge on any atom is -0.337 e. The van der Waals surface area contributed by atoms with Crippen LogP contribution in [0.15, 0.2) is 12.5 Å². The van der Waals surface area contributed by atoms with Crippen molar-refractivity contribution in [2.75, 3.05) is 13.6 Å². The number of amides is 1. The Labute approximate surface area is 114 Å². The van der Waals surface area contributed by atoms with Crippen molar-refractivity contribution >= 4 is 5.91 Å². The number of nitrogens with two attached hydrogens (primary N) is 1. The van der Waals surface area contributed by atoms with E-state index in [4.69, 9.17) is 5.73 Å². The Morgan fingerprint density at radius 2 is 2.26 bits per heavy atom. The van der Waals surface area contributed by atoms with Gasteiger partial charge in [-0.05, 0) is 18.8 Å². The Hall–Kier alpha value is -1.36. The van der Waals surface area contributed by atoms with Gasteiger partial charge in [-0.15, -0.1) is 0 Å². The van der Waals surface area contributed by atoms with Crippen LogP contribution in [-0.4, -0.2) is 40.0 Å². The quantitative estimate of drug-likeness (QED) is 0.896. The van der Waals surface area contributed by atoms with E-state index < -0.39 is 0 Å². The van der Waals surface area contributed by atoms with E-state index >= 15 is 0 Å². The summed E-state index contributed by atoms with van der Waals surface area (Å²) in [6, 6.07) is 0.348. The molecule has 1 saturated carbocycles. The largest absolute Gasteiger partial charge is 0.337 e. The third-order valence-corrected chi connectivity index (χ3v) is 4.12. The molecular formula is C14H24N4O. The van der Waals surface area contributed by atoms with Crippen molar-refractivity contribution in [1.82, 2.24) is 14.5 Å². The Morgan fingerprint density at radius 1 is 1.53 bits per heavy atom. The standard InChI is InChI=1S/C14H24N4O/c1-11-5-3-4-6-13(11)17(2)14(19)12-9-18(8-7-15)10-16-12/h9-11,13H,3-8,15H2,1-2H3. The van der Waals surface area contributed by atoms with Gasteiger partial charge in [0.05, 0.1) is 6.33 Å². The Balaban J connectivity index is 2.04. The fourth-order valence-electron chi connectivity index (χ4n) is 2.95. The predicted octanol–water partition coefficient (Wildman–Crippen LogP) is 1.49. The van der Waals surface area contributed by atoms with Crippen LogP contribution in [0, 0.1) is 5.92 Å². The highest BCUT2D eigenvalue weighted by Crippen LogP contribution is 2.27. The van der Waals surface area contributed by atoms with E-state index in [0.29, 0.717) is 30.7 Å². The zero-order valence-corrected chi connectivity index (χ0v) is 11.9. The molecule has 1 fully saturated rings. The Bertz CT molecular complexity index is 429. The van der Waals surface area contributed by atoms with E-state index in [2.05, 4.69) is 11.9 Å². The molecule has 0 aliphatic heterocycles. The van der Waals surface area contributed by atoms with Gasteiger partial charge in [0.25, 0.3) is 5.91 Å². The zero-order valence-electron chi connectivity index (χ0n) is 11.9. The molecule has 1 aromatic heterocycles. The molecule has 0 radical (unpaired) electrons. The molecule has 1 aliphatic rings. The Kier molecular flexibility index (Phi) is 4.58. The van der Waals surface area contributed by atoms with Crippen LogP contribution >= 0.6 is 0 Å². The number of hydrogen-bond donors (Lipinski definition) is 1. The highest BCUT2D eigenvalue weighted by molar-refractivity contribution is 5.92. The number of aromatic nitrogens is 2. The van der Waals surface area contributed by atoms with E-state index in [-0.39, 0.29) is 5.91 Å². The van der Waals surface area contributed by atoms with Crippen LogP contribution < -0.4 is 5.73 Å². The minimum absolute atomic E-state index is 0.0227. The van der Waals surface area contributed by atoms with E-state index in [9.17, 15) is 4.79 Å². The number of hydrogen-bond acceptors (Lipinski definition) is 3. The lowest BCUT2D eigenvalue weighted by Gasteiger charge is -2.35. The molecule has 0 saturated heterocycles. The maximum atomic E-state index is 12.4. The molecule has 2 unspecified atom stereocenters. The first-order valence-electron chi connectivity index (χ1n) is 7.12. The lowest BCUT2D eigenvalue weighted by Crippen LogP contribution is -2.42. The summed E-state index contributed by atoms with van der Waals surface area (Å²) < 4.78 is 1.87. The van der Waals surface area contributed by atoms with Gasteiger partial charge in [-0.25, -0.2) is 4.98 Å². The molecule has 1 aliphatic carbocycles. The summed E-state index contributed by atoms with van der Waals surface area (Å²) in [5.74, 6) is 0.600. The summed E-state index contributed by atoms with van der Waals surface area (Å²) in [7, 11) is 1.90. The maximum Gasteiger partial charge on any atom is 0.274 e. The third kappa shape index (κ3) is 3.15. The van der Waals surface area contributed by atoms with Gasteiger partial charge in [0.2, 0.25) is 0 Å².